The van der Waals surface area contributed by atoms with Crippen molar-refractivity contribution in [3.8, 4) is 17.6 Å². The van der Waals surface area contributed by atoms with Crippen LogP contribution in [0.1, 0.15) is 45.2 Å². The van der Waals surface area contributed by atoms with Crippen LogP contribution in [-0.4, -0.2) is 18.9 Å². The van der Waals surface area contributed by atoms with Gasteiger partial charge in [0, 0.05) is 6.92 Å². The van der Waals surface area contributed by atoms with E-state index in [0.29, 0.717) is 23.3 Å². The maximum absolute atomic E-state index is 12.4. The van der Waals surface area contributed by atoms with Gasteiger partial charge >= 0.3 is 5.97 Å². The average molecular weight is 339 g/mol. The van der Waals surface area contributed by atoms with Crippen molar-refractivity contribution in [3.05, 3.63) is 41.0 Å². The normalized spacial score (nSPS) is 16.5. The highest BCUT2D eigenvalue weighted by molar-refractivity contribution is 6.15. The summed E-state index contributed by atoms with van der Waals surface area (Å²) in [6, 6.07) is 5.50. The highest BCUT2D eigenvalue weighted by Crippen LogP contribution is 2.50. The molecule has 0 saturated carbocycles. The van der Waals surface area contributed by atoms with E-state index in [1.807, 2.05) is 19.9 Å². The molecule has 0 saturated heterocycles. The number of ether oxygens (including phenoxy) is 2. The van der Waals surface area contributed by atoms with Crippen LogP contribution in [0.3, 0.4) is 0 Å². The lowest BCUT2D eigenvalue weighted by molar-refractivity contribution is -0.132. The van der Waals surface area contributed by atoms with Gasteiger partial charge in [0.1, 0.15) is 11.6 Å². The molecule has 0 bridgehead atoms. The van der Waals surface area contributed by atoms with Gasteiger partial charge in [0.2, 0.25) is 0 Å². The third kappa shape index (κ3) is 3.34. The summed E-state index contributed by atoms with van der Waals surface area (Å²) in [5.41, 5.74) is 2.42. The Balaban J connectivity index is 2.78. The van der Waals surface area contributed by atoms with Gasteiger partial charge in [0.15, 0.2) is 17.3 Å². The van der Waals surface area contributed by atoms with Gasteiger partial charge in [-0.05, 0) is 53.2 Å². The Morgan fingerprint density at radius 2 is 1.88 bits per heavy atom. The van der Waals surface area contributed by atoms with Crippen LogP contribution in [0.4, 0.5) is 0 Å². The predicted molar refractivity (Wildman–Crippen MR) is 94.3 cm³/mol. The van der Waals surface area contributed by atoms with Crippen molar-refractivity contribution in [1.82, 2.24) is 0 Å². The van der Waals surface area contributed by atoms with Crippen molar-refractivity contribution >= 4 is 17.3 Å². The van der Waals surface area contributed by atoms with E-state index in [2.05, 4.69) is 6.58 Å². The Morgan fingerprint density at radius 3 is 2.36 bits per heavy atom. The number of fused-ring (bicyclic) bond motifs is 1. The fourth-order valence-electron chi connectivity index (χ4n) is 3.09. The van der Waals surface area contributed by atoms with Crippen molar-refractivity contribution in [1.29, 1.82) is 5.26 Å². The largest absolute Gasteiger partial charge is 0.493 e. The Morgan fingerprint density at radius 1 is 1.24 bits per heavy atom. The first-order chi connectivity index (χ1) is 11.6. The van der Waals surface area contributed by atoms with E-state index in [9.17, 15) is 14.9 Å². The molecule has 25 heavy (non-hydrogen) atoms. The molecule has 0 amide bonds. The lowest BCUT2D eigenvalue weighted by atomic mass is 9.86. The lowest BCUT2D eigenvalue weighted by Gasteiger charge is -2.19. The molecule has 1 aliphatic rings. The van der Waals surface area contributed by atoms with Gasteiger partial charge in [-0.3, -0.25) is 9.59 Å². The number of benzene rings is 1. The molecular formula is C20H21NO4. The Bertz CT molecular complexity index is 853. The van der Waals surface area contributed by atoms with Crippen LogP contribution in [-0.2, 0) is 15.0 Å². The number of carbonyl (C=O) groups excluding carboxylic acids is 2. The summed E-state index contributed by atoms with van der Waals surface area (Å²) in [5, 5.41) is 9.54. The molecule has 5 nitrogen and oxygen atoms in total. The Kier molecular flexibility index (Phi) is 4.85. The maximum Gasteiger partial charge on any atom is 0.308 e. The number of nitriles is 1. The molecule has 1 aromatic carbocycles. The van der Waals surface area contributed by atoms with E-state index in [1.54, 1.807) is 19.1 Å². The van der Waals surface area contributed by atoms with Gasteiger partial charge in [-0.25, -0.2) is 0 Å². The molecule has 1 aromatic rings. The second kappa shape index (κ2) is 6.56. The third-order valence-electron chi connectivity index (χ3n) is 4.26. The van der Waals surface area contributed by atoms with E-state index in [0.717, 1.165) is 11.1 Å². The Hall–Kier alpha value is -2.87. The third-order valence-corrected chi connectivity index (χ3v) is 4.26. The monoisotopic (exact) mass is 339 g/mol. The number of methoxy groups -OCH3 is 1. The van der Waals surface area contributed by atoms with Crippen molar-refractivity contribution < 1.29 is 19.1 Å². The van der Waals surface area contributed by atoms with E-state index in [4.69, 9.17) is 9.47 Å². The summed E-state index contributed by atoms with van der Waals surface area (Å²) >= 11 is 0. The summed E-state index contributed by atoms with van der Waals surface area (Å²) in [7, 11) is 1.50. The first-order valence-corrected chi connectivity index (χ1v) is 7.87. The van der Waals surface area contributed by atoms with Crippen LogP contribution in [0.25, 0.3) is 5.57 Å². The van der Waals surface area contributed by atoms with Crippen LogP contribution in [0, 0.1) is 11.3 Å². The van der Waals surface area contributed by atoms with E-state index in [1.165, 1.54) is 14.0 Å². The molecule has 0 aliphatic heterocycles. The molecule has 1 aliphatic carbocycles. The number of carbonyl (C=O) groups is 2. The van der Waals surface area contributed by atoms with E-state index < -0.39 is 5.97 Å². The molecular weight excluding hydrogens is 318 g/mol. The van der Waals surface area contributed by atoms with Gasteiger partial charge in [-0.1, -0.05) is 20.4 Å². The number of nitrogens with zero attached hydrogens (tertiary/aromatic N) is 1. The van der Waals surface area contributed by atoms with Crippen molar-refractivity contribution in [3.63, 3.8) is 0 Å². The SMILES string of the molecule is C=C(C)C(=O)/C(C#N)=C1\CC(C)(C)c2cc(OC)c(OC(C)=O)cc21. The van der Waals surface area contributed by atoms with Gasteiger partial charge in [-0.15, -0.1) is 0 Å². The van der Waals surface area contributed by atoms with E-state index >= 15 is 0 Å². The molecule has 0 fully saturated rings. The van der Waals surface area contributed by atoms with E-state index in [-0.39, 0.29) is 22.5 Å². The van der Waals surface area contributed by atoms with Gasteiger partial charge in [-0.2, -0.15) is 5.26 Å². The predicted octanol–water partition coefficient (Wildman–Crippen LogP) is 3.72. The fourth-order valence-corrected chi connectivity index (χ4v) is 3.09. The smallest absolute Gasteiger partial charge is 0.308 e. The molecule has 0 spiro atoms. The quantitative estimate of drug-likeness (QED) is 0.362. The standard InChI is InChI=1S/C20H21NO4/c1-11(2)19(23)15(10-21)14-9-20(4,5)16-8-17(24-6)18(7-13(14)16)25-12(3)22/h7-8H,1,9H2,2-6H3/b15-14+. The summed E-state index contributed by atoms with van der Waals surface area (Å²) < 4.78 is 10.6. The zero-order valence-corrected chi connectivity index (χ0v) is 15.1. The van der Waals surface area contributed by atoms with Crippen LogP contribution in [0.2, 0.25) is 0 Å². The molecule has 0 unspecified atom stereocenters. The Labute approximate surface area is 147 Å². The molecule has 0 radical (unpaired) electrons. The minimum atomic E-state index is -0.473. The highest BCUT2D eigenvalue weighted by atomic mass is 16.6. The number of hydrogen-bond acceptors (Lipinski definition) is 5. The first-order valence-electron chi connectivity index (χ1n) is 7.87. The average Bonchev–Trinajstić information content (AvgIpc) is 2.77. The maximum atomic E-state index is 12.4. The minimum absolute atomic E-state index is 0.0817. The lowest BCUT2D eigenvalue weighted by Crippen LogP contribution is -2.12. The number of esters is 1. The van der Waals surface area contributed by atoms with Crippen LogP contribution < -0.4 is 9.47 Å². The van der Waals surface area contributed by atoms with Crippen molar-refractivity contribution in [2.24, 2.45) is 0 Å². The summed E-state index contributed by atoms with van der Waals surface area (Å²) in [4.78, 5) is 23.7. The zero-order valence-electron chi connectivity index (χ0n) is 15.1. The second-order valence-corrected chi connectivity index (χ2v) is 6.78. The molecule has 130 valence electrons. The van der Waals surface area contributed by atoms with Gasteiger partial charge < -0.3 is 9.47 Å². The molecule has 0 atom stereocenters. The number of hydrogen-bond donors (Lipinski definition) is 0. The van der Waals surface area contributed by atoms with Crippen molar-refractivity contribution in [2.45, 2.75) is 39.5 Å². The number of rotatable bonds is 4. The van der Waals surface area contributed by atoms with Gasteiger partial charge in [0.05, 0.1) is 7.11 Å². The molecule has 0 aromatic heterocycles. The minimum Gasteiger partial charge on any atom is -0.493 e. The molecule has 5 heteroatoms. The molecule has 2 rings (SSSR count). The summed E-state index contributed by atoms with van der Waals surface area (Å²) in [6.07, 6.45) is 0.525. The van der Waals surface area contributed by atoms with Crippen LogP contribution >= 0.6 is 0 Å². The number of Topliss-reactive ketones (excluding diaryl/α,β-unsaturated/α-hetero) is 1. The molecule has 0 heterocycles. The first kappa shape index (κ1) is 18.5. The number of ketones is 1. The van der Waals surface area contributed by atoms with Crippen molar-refractivity contribution in [2.75, 3.05) is 7.11 Å². The number of allylic oxidation sites excluding steroid dienone is 3. The van der Waals surface area contributed by atoms with Crippen LogP contribution in [0.5, 0.6) is 11.5 Å². The fraction of sp³-hybridized carbons (Fsp3) is 0.350. The van der Waals surface area contributed by atoms with Gasteiger partial charge in [0.25, 0.3) is 0 Å². The second-order valence-electron chi connectivity index (χ2n) is 6.78. The highest BCUT2D eigenvalue weighted by Gasteiger charge is 2.37. The summed E-state index contributed by atoms with van der Waals surface area (Å²) in [5.74, 6) is -0.136. The van der Waals surface area contributed by atoms with Crippen LogP contribution in [0.15, 0.2) is 29.9 Å². The molecule has 0 N–H and O–H groups in total. The zero-order chi connectivity index (χ0) is 18.9. The topological polar surface area (TPSA) is 76.4 Å². The summed E-state index contributed by atoms with van der Waals surface area (Å²) in [6.45, 7) is 10.6.